The largest absolute Gasteiger partial charge is 0.465 e. The Morgan fingerprint density at radius 1 is 1.15 bits per heavy atom. The fourth-order valence-corrected chi connectivity index (χ4v) is 3.92. The molecule has 0 unspecified atom stereocenters. The molecule has 1 aliphatic rings. The standard InChI is InChI=1S/C17H25N3O5S/c1-19(2)26(23,24)20-10-8-13(9-11-20)12-18-16(21)14-4-6-15(7-5-14)17(22)25-3/h4-7,13H,8-12H2,1-3H3,(H,18,21). The lowest BCUT2D eigenvalue weighted by Crippen LogP contribution is -2.45. The quantitative estimate of drug-likeness (QED) is 0.731. The Bertz CT molecular complexity index is 738. The van der Waals surface area contributed by atoms with Gasteiger partial charge in [0.2, 0.25) is 0 Å². The topological polar surface area (TPSA) is 96.0 Å². The molecule has 1 aromatic carbocycles. The minimum atomic E-state index is -3.37. The number of carbonyl (C=O) groups excluding carboxylic acids is 2. The van der Waals surface area contributed by atoms with Crippen LogP contribution in [0.5, 0.6) is 0 Å². The van der Waals surface area contributed by atoms with Gasteiger partial charge in [0, 0.05) is 39.3 Å². The second-order valence-electron chi connectivity index (χ2n) is 6.41. The number of benzene rings is 1. The van der Waals surface area contributed by atoms with E-state index in [0.29, 0.717) is 43.6 Å². The third-order valence-corrected chi connectivity index (χ3v) is 6.42. The van der Waals surface area contributed by atoms with Gasteiger partial charge in [-0.15, -0.1) is 0 Å². The summed E-state index contributed by atoms with van der Waals surface area (Å²) in [5, 5.41) is 2.87. The molecule has 0 spiro atoms. The van der Waals surface area contributed by atoms with E-state index in [9.17, 15) is 18.0 Å². The van der Waals surface area contributed by atoms with E-state index in [0.717, 1.165) is 0 Å². The number of carbonyl (C=O) groups is 2. The maximum Gasteiger partial charge on any atom is 0.337 e. The highest BCUT2D eigenvalue weighted by Crippen LogP contribution is 2.20. The van der Waals surface area contributed by atoms with Gasteiger partial charge in [-0.2, -0.15) is 17.0 Å². The fourth-order valence-electron chi connectivity index (χ4n) is 2.79. The van der Waals surface area contributed by atoms with Crippen molar-refractivity contribution in [1.29, 1.82) is 0 Å². The predicted molar refractivity (Wildman–Crippen MR) is 97.0 cm³/mol. The van der Waals surface area contributed by atoms with Crippen LogP contribution in [0.4, 0.5) is 0 Å². The molecule has 144 valence electrons. The minimum absolute atomic E-state index is 0.218. The first-order chi connectivity index (χ1) is 12.3. The highest BCUT2D eigenvalue weighted by molar-refractivity contribution is 7.86. The second-order valence-corrected chi connectivity index (χ2v) is 8.55. The zero-order valence-electron chi connectivity index (χ0n) is 15.3. The zero-order valence-corrected chi connectivity index (χ0v) is 16.1. The van der Waals surface area contributed by atoms with Crippen molar-refractivity contribution in [3.63, 3.8) is 0 Å². The molecular formula is C17H25N3O5S. The summed E-state index contributed by atoms with van der Waals surface area (Å²) in [5.41, 5.74) is 0.851. The van der Waals surface area contributed by atoms with Crippen molar-refractivity contribution in [2.75, 3.05) is 40.8 Å². The normalized spacial score (nSPS) is 16.5. The lowest BCUT2D eigenvalue weighted by atomic mass is 9.98. The highest BCUT2D eigenvalue weighted by atomic mass is 32.2. The third kappa shape index (κ3) is 4.80. The van der Waals surface area contributed by atoms with Crippen LogP contribution in [-0.4, -0.2) is 69.7 Å². The number of piperidine rings is 1. The van der Waals surface area contributed by atoms with Gasteiger partial charge < -0.3 is 10.1 Å². The van der Waals surface area contributed by atoms with Crippen molar-refractivity contribution in [1.82, 2.24) is 13.9 Å². The van der Waals surface area contributed by atoms with E-state index in [1.165, 1.54) is 29.8 Å². The van der Waals surface area contributed by atoms with E-state index in [1.54, 1.807) is 24.3 Å². The Hall–Kier alpha value is -1.97. The first-order valence-corrected chi connectivity index (χ1v) is 9.79. The van der Waals surface area contributed by atoms with Crippen molar-refractivity contribution in [2.45, 2.75) is 12.8 Å². The number of nitrogens with zero attached hydrogens (tertiary/aromatic N) is 2. The number of hydrogen-bond acceptors (Lipinski definition) is 5. The maximum atomic E-state index is 12.2. The van der Waals surface area contributed by atoms with Crippen LogP contribution in [0.3, 0.4) is 0 Å². The molecule has 1 amide bonds. The van der Waals surface area contributed by atoms with Gasteiger partial charge in [-0.3, -0.25) is 4.79 Å². The van der Waals surface area contributed by atoms with Gasteiger partial charge >= 0.3 is 5.97 Å². The summed E-state index contributed by atoms with van der Waals surface area (Å²) in [6.45, 7) is 1.40. The summed E-state index contributed by atoms with van der Waals surface area (Å²) in [4.78, 5) is 23.6. The molecule has 0 aliphatic carbocycles. The average Bonchev–Trinajstić information content (AvgIpc) is 2.65. The smallest absolute Gasteiger partial charge is 0.337 e. The van der Waals surface area contributed by atoms with E-state index in [4.69, 9.17) is 0 Å². The van der Waals surface area contributed by atoms with E-state index < -0.39 is 16.2 Å². The molecule has 0 aromatic heterocycles. The predicted octanol–water partition coefficient (Wildman–Crippen LogP) is 0.721. The molecule has 0 atom stereocenters. The van der Waals surface area contributed by atoms with Gasteiger partial charge in [0.15, 0.2) is 0 Å². The van der Waals surface area contributed by atoms with Crippen LogP contribution in [0.25, 0.3) is 0 Å². The lowest BCUT2D eigenvalue weighted by Gasteiger charge is -2.32. The Kier molecular flexibility index (Phi) is 6.74. The maximum absolute atomic E-state index is 12.2. The van der Waals surface area contributed by atoms with Gasteiger partial charge in [0.05, 0.1) is 12.7 Å². The van der Waals surface area contributed by atoms with Crippen molar-refractivity contribution in [2.24, 2.45) is 5.92 Å². The Morgan fingerprint density at radius 2 is 1.69 bits per heavy atom. The molecule has 0 bridgehead atoms. The summed E-state index contributed by atoms with van der Waals surface area (Å²) in [6, 6.07) is 6.25. The van der Waals surface area contributed by atoms with Gasteiger partial charge in [-0.25, -0.2) is 4.79 Å². The molecule has 0 radical (unpaired) electrons. The number of hydrogen-bond donors (Lipinski definition) is 1. The lowest BCUT2D eigenvalue weighted by molar-refractivity contribution is 0.0600. The summed E-state index contributed by atoms with van der Waals surface area (Å²) >= 11 is 0. The summed E-state index contributed by atoms with van der Waals surface area (Å²) in [7, 11) is 0.976. The number of esters is 1. The molecule has 1 heterocycles. The molecule has 1 aromatic rings. The summed E-state index contributed by atoms with van der Waals surface area (Å²) < 4.78 is 31.5. The van der Waals surface area contributed by atoms with Crippen molar-refractivity contribution in [3.8, 4) is 0 Å². The fraction of sp³-hybridized carbons (Fsp3) is 0.529. The van der Waals surface area contributed by atoms with E-state index in [2.05, 4.69) is 10.1 Å². The first-order valence-electron chi connectivity index (χ1n) is 8.40. The Morgan fingerprint density at radius 3 is 2.19 bits per heavy atom. The van der Waals surface area contributed by atoms with Crippen LogP contribution >= 0.6 is 0 Å². The SMILES string of the molecule is COC(=O)c1ccc(C(=O)NCC2CCN(S(=O)(=O)N(C)C)CC2)cc1. The second kappa shape index (κ2) is 8.61. The van der Waals surface area contributed by atoms with Crippen LogP contribution in [0.1, 0.15) is 33.6 Å². The van der Waals surface area contributed by atoms with Crippen molar-refractivity contribution in [3.05, 3.63) is 35.4 Å². The van der Waals surface area contributed by atoms with Gasteiger partial charge in [0.25, 0.3) is 16.1 Å². The monoisotopic (exact) mass is 383 g/mol. The molecule has 1 fully saturated rings. The summed E-state index contributed by atoms with van der Waals surface area (Å²) in [6.07, 6.45) is 1.41. The molecule has 1 saturated heterocycles. The van der Waals surface area contributed by atoms with Crippen LogP contribution < -0.4 is 5.32 Å². The van der Waals surface area contributed by atoms with Crippen molar-refractivity contribution < 1.29 is 22.7 Å². The van der Waals surface area contributed by atoms with E-state index in [-0.39, 0.29) is 11.8 Å². The van der Waals surface area contributed by atoms with Gasteiger partial charge in [-0.05, 0) is 43.0 Å². The first kappa shape index (κ1) is 20.3. The molecule has 0 saturated carbocycles. The summed E-state index contributed by atoms with van der Waals surface area (Å²) in [5.74, 6) is -0.428. The van der Waals surface area contributed by atoms with Crippen LogP contribution in [0, 0.1) is 5.92 Å². The number of amides is 1. The van der Waals surface area contributed by atoms with Gasteiger partial charge in [0.1, 0.15) is 0 Å². The molecule has 8 nitrogen and oxygen atoms in total. The van der Waals surface area contributed by atoms with Gasteiger partial charge in [-0.1, -0.05) is 0 Å². The van der Waals surface area contributed by atoms with E-state index >= 15 is 0 Å². The van der Waals surface area contributed by atoms with Crippen LogP contribution in [-0.2, 0) is 14.9 Å². The molecule has 1 aliphatic heterocycles. The molecule has 9 heteroatoms. The van der Waals surface area contributed by atoms with Crippen LogP contribution in [0.15, 0.2) is 24.3 Å². The number of nitrogens with one attached hydrogen (secondary N) is 1. The van der Waals surface area contributed by atoms with Crippen LogP contribution in [0.2, 0.25) is 0 Å². The molecular weight excluding hydrogens is 358 g/mol. The minimum Gasteiger partial charge on any atom is -0.465 e. The average molecular weight is 383 g/mol. The number of rotatable bonds is 6. The Balaban J connectivity index is 1.83. The van der Waals surface area contributed by atoms with E-state index in [1.807, 2.05) is 0 Å². The molecule has 1 N–H and O–H groups in total. The number of methoxy groups -OCH3 is 1. The molecule has 26 heavy (non-hydrogen) atoms. The molecule has 2 rings (SSSR count). The number of ether oxygens (including phenoxy) is 1. The highest BCUT2D eigenvalue weighted by Gasteiger charge is 2.29. The van der Waals surface area contributed by atoms with Crippen molar-refractivity contribution >= 4 is 22.1 Å². The third-order valence-electron chi connectivity index (χ3n) is 4.48. The Labute approximate surface area is 154 Å². The zero-order chi connectivity index (χ0) is 19.3.